The molecule has 0 fully saturated rings. The lowest BCUT2D eigenvalue weighted by atomic mass is 9.86. The highest BCUT2D eigenvalue weighted by Gasteiger charge is 2.54. The van der Waals surface area contributed by atoms with Crippen LogP contribution in [0.2, 0.25) is 39.3 Å². The molecule has 6 heteroatoms. The number of hydrogen-bond donors (Lipinski definition) is 0. The van der Waals surface area contributed by atoms with Gasteiger partial charge in [0, 0.05) is 23.1 Å². The topological polar surface area (TPSA) is 29.5 Å². The minimum Gasteiger partial charge on any atom is -0.463 e. The van der Waals surface area contributed by atoms with Crippen LogP contribution in [0.5, 0.6) is 0 Å². The quantitative estimate of drug-likeness (QED) is 0.153. The van der Waals surface area contributed by atoms with Crippen LogP contribution in [0.1, 0.15) is 64.7 Å². The van der Waals surface area contributed by atoms with E-state index in [2.05, 4.69) is 129 Å². The summed E-state index contributed by atoms with van der Waals surface area (Å²) in [6.45, 7) is 33.8. The average Bonchev–Trinajstić information content (AvgIpc) is 2.92. The van der Waals surface area contributed by atoms with Gasteiger partial charge in [-0.05, 0) is 71.5 Å². The molecule has 0 spiro atoms. The zero-order valence-electron chi connectivity index (χ0n) is 29.1. The lowest BCUT2D eigenvalue weighted by Gasteiger charge is -2.55. The lowest BCUT2D eigenvalue weighted by Crippen LogP contribution is -2.73. The highest BCUT2D eigenvalue weighted by molar-refractivity contribution is 7.10. The van der Waals surface area contributed by atoms with Gasteiger partial charge >= 0.3 is 5.97 Å². The number of ether oxygens (including phenoxy) is 1. The van der Waals surface area contributed by atoms with Crippen LogP contribution < -0.4 is 36.0 Å². The molecule has 0 saturated carbocycles. The van der Waals surface area contributed by atoms with Crippen LogP contribution in [0.3, 0.4) is 0 Å². The molecule has 3 aliphatic heterocycles. The Morgan fingerprint density at radius 1 is 0.682 bits per heavy atom. The van der Waals surface area contributed by atoms with E-state index in [0.29, 0.717) is 6.61 Å². The molecule has 0 saturated heterocycles. The van der Waals surface area contributed by atoms with Gasteiger partial charge in [0.05, 0.1) is 6.61 Å². The first kappa shape index (κ1) is 31.3. The minimum atomic E-state index is -2.09. The number of benzene rings is 3. The number of esters is 1. The van der Waals surface area contributed by atoms with Crippen LogP contribution in [0.25, 0.3) is 0 Å². The molecule has 0 N–H and O–H groups in total. The van der Waals surface area contributed by atoms with Crippen molar-refractivity contribution in [2.24, 2.45) is 0 Å². The van der Waals surface area contributed by atoms with Gasteiger partial charge in [-0.15, -0.1) is 0 Å². The second-order valence-electron chi connectivity index (χ2n) is 17.1. The molecule has 0 radical (unpaired) electrons. The molecule has 3 heterocycles. The molecular weight excluding hydrogens is 587 g/mol. The van der Waals surface area contributed by atoms with E-state index >= 15 is 0 Å². The largest absolute Gasteiger partial charge is 0.463 e. The third kappa shape index (κ3) is 4.42. The van der Waals surface area contributed by atoms with Gasteiger partial charge < -0.3 is 9.64 Å². The molecule has 0 aromatic heterocycles. The highest BCUT2D eigenvalue weighted by atomic mass is 28.3. The predicted octanol–water partition coefficient (Wildman–Crippen LogP) is 5.82. The maximum atomic E-state index is 11.7. The highest BCUT2D eigenvalue weighted by Crippen LogP contribution is 2.45. The van der Waals surface area contributed by atoms with Crippen molar-refractivity contribution in [3.05, 3.63) is 65.7 Å². The molecule has 0 atom stereocenters. The molecule has 0 bridgehead atoms. The van der Waals surface area contributed by atoms with Crippen molar-refractivity contribution in [3.63, 3.8) is 0 Å². The Kier molecular flexibility index (Phi) is 6.88. The van der Waals surface area contributed by atoms with E-state index in [-0.39, 0.29) is 16.8 Å². The Labute approximate surface area is 268 Å². The maximum absolute atomic E-state index is 11.7. The van der Waals surface area contributed by atoms with E-state index in [9.17, 15) is 4.79 Å². The summed E-state index contributed by atoms with van der Waals surface area (Å²) in [4.78, 5) is 14.5. The van der Waals surface area contributed by atoms with Crippen LogP contribution in [0, 0.1) is 0 Å². The number of rotatable bonds is 5. The first-order valence-corrected chi connectivity index (χ1v) is 25.4. The number of carbonyl (C=O) groups excluding carboxylic acids is 1. The second kappa shape index (κ2) is 9.66. The summed E-state index contributed by atoms with van der Waals surface area (Å²) in [5, 5.41) is 9.61. The van der Waals surface area contributed by atoms with Gasteiger partial charge in [0.15, 0.2) is 0 Å². The maximum Gasteiger partial charge on any atom is 0.330 e. The molecule has 0 aliphatic carbocycles. The fraction of sp³-hybridized carbons (Fsp3) is 0.447. The zero-order valence-corrected chi connectivity index (χ0v) is 32.1. The van der Waals surface area contributed by atoms with E-state index < -0.39 is 24.2 Å². The standard InChI is InChI=1S/C38H51NO2Si3/c1-14-33(40)41-17-15-16-24-18-27-34-28(19-24)43(10,11)30-21-26(38(5,6)7)23-32-36(30)39(34)35-29(42(27,8)9)20-25(37(2,3)4)22-31(35)44(32,12)13/h14,18-23H,1,15-17H2,2-13H3. The van der Waals surface area contributed by atoms with Crippen LogP contribution in [0.15, 0.2) is 49.1 Å². The summed E-state index contributed by atoms with van der Waals surface area (Å²) < 4.78 is 5.37. The minimum absolute atomic E-state index is 0.0755. The summed E-state index contributed by atoms with van der Waals surface area (Å²) in [7, 11) is -6.22. The van der Waals surface area contributed by atoms with Crippen LogP contribution in [-0.2, 0) is 26.8 Å². The second-order valence-corrected chi connectivity index (χ2v) is 30.0. The molecule has 0 amide bonds. The smallest absolute Gasteiger partial charge is 0.330 e. The van der Waals surface area contributed by atoms with Gasteiger partial charge in [-0.2, -0.15) is 0 Å². The van der Waals surface area contributed by atoms with E-state index in [0.717, 1.165) is 12.8 Å². The monoisotopic (exact) mass is 637 g/mol. The summed E-state index contributed by atoms with van der Waals surface area (Å²) in [5.41, 5.74) is 9.05. The Balaban J connectivity index is 1.69. The average molecular weight is 638 g/mol. The molecule has 44 heavy (non-hydrogen) atoms. The molecular formula is C38H51NO2Si3. The van der Waals surface area contributed by atoms with Gasteiger partial charge in [0.25, 0.3) is 0 Å². The molecule has 6 rings (SSSR count). The molecule has 3 nitrogen and oxygen atoms in total. The summed E-state index contributed by atoms with van der Waals surface area (Å²) in [6, 6.07) is 15.5. The van der Waals surface area contributed by atoms with Gasteiger partial charge in [-0.1, -0.05) is 124 Å². The van der Waals surface area contributed by atoms with Gasteiger partial charge in [-0.3, -0.25) is 0 Å². The predicted molar refractivity (Wildman–Crippen MR) is 198 cm³/mol. The van der Waals surface area contributed by atoms with Gasteiger partial charge in [-0.25, -0.2) is 4.79 Å². The fourth-order valence-corrected chi connectivity index (χ4v) is 17.3. The third-order valence-corrected chi connectivity index (χ3v) is 21.2. The normalized spacial score (nSPS) is 18.0. The third-order valence-electron chi connectivity index (χ3n) is 10.9. The van der Waals surface area contributed by atoms with Crippen molar-refractivity contribution >= 4 is 78.4 Å². The van der Waals surface area contributed by atoms with E-state index in [1.165, 1.54) is 39.8 Å². The van der Waals surface area contributed by atoms with Gasteiger partial charge in [0.1, 0.15) is 24.2 Å². The summed E-state index contributed by atoms with van der Waals surface area (Å²) in [5.74, 6) is -0.340. The number of aryl methyl sites for hydroxylation is 1. The van der Waals surface area contributed by atoms with E-state index in [4.69, 9.17) is 4.74 Å². The molecule has 3 aromatic rings. The summed E-state index contributed by atoms with van der Waals surface area (Å²) in [6.07, 6.45) is 2.97. The Morgan fingerprint density at radius 2 is 1.02 bits per heavy atom. The van der Waals surface area contributed by atoms with Crippen molar-refractivity contribution < 1.29 is 9.53 Å². The van der Waals surface area contributed by atoms with Crippen molar-refractivity contribution in [1.82, 2.24) is 0 Å². The Bertz CT molecular complexity index is 1640. The SMILES string of the molecule is C=CC(=O)OCCCc1cc2c3c(c1)[Si](C)(C)c1cc(C(C)(C)C)cc4c1N3c1c(cc(C(C)(C)C)cc1[Si]4(C)C)[Si]2(C)C. The fourth-order valence-electron chi connectivity index (χ4n) is 7.83. The Hall–Kier alpha value is -2.68. The van der Waals surface area contributed by atoms with Crippen LogP contribution in [0.4, 0.5) is 17.1 Å². The number of nitrogens with zero attached hydrogens (tertiary/aromatic N) is 1. The van der Waals surface area contributed by atoms with Crippen molar-refractivity contribution in [2.75, 3.05) is 11.5 Å². The van der Waals surface area contributed by atoms with E-state index in [1.54, 1.807) is 31.1 Å². The first-order chi connectivity index (χ1) is 20.2. The van der Waals surface area contributed by atoms with Gasteiger partial charge in [0.2, 0.25) is 0 Å². The molecule has 3 aromatic carbocycles. The molecule has 0 unspecified atom stereocenters. The molecule has 3 aliphatic rings. The van der Waals surface area contributed by atoms with E-state index in [1.807, 2.05) is 0 Å². The van der Waals surface area contributed by atoms with Crippen LogP contribution >= 0.6 is 0 Å². The Morgan fingerprint density at radius 3 is 1.34 bits per heavy atom. The summed E-state index contributed by atoms with van der Waals surface area (Å²) >= 11 is 0. The van der Waals surface area contributed by atoms with Crippen molar-refractivity contribution in [3.8, 4) is 0 Å². The number of carbonyl (C=O) groups is 1. The van der Waals surface area contributed by atoms with Crippen molar-refractivity contribution in [2.45, 2.75) is 104 Å². The lowest BCUT2D eigenvalue weighted by molar-refractivity contribution is -0.137. The molecule has 232 valence electrons. The number of hydrogen-bond acceptors (Lipinski definition) is 3. The van der Waals surface area contributed by atoms with Crippen molar-refractivity contribution in [1.29, 1.82) is 0 Å². The van der Waals surface area contributed by atoms with Crippen LogP contribution in [-0.4, -0.2) is 36.8 Å². The first-order valence-electron chi connectivity index (χ1n) is 16.4. The zero-order chi connectivity index (χ0) is 32.4. The number of anilines is 3.